The minimum Gasteiger partial charge on any atom is -0.495 e. The van der Waals surface area contributed by atoms with Crippen molar-refractivity contribution in [2.45, 2.75) is 26.3 Å². The number of sulfonamides is 1. The number of methoxy groups -OCH3 is 1. The van der Waals surface area contributed by atoms with Gasteiger partial charge in [0, 0.05) is 57.1 Å². The second kappa shape index (κ2) is 8.45. The predicted molar refractivity (Wildman–Crippen MR) is 107 cm³/mol. The summed E-state index contributed by atoms with van der Waals surface area (Å²) in [5.41, 5.74) is 7.70. The molecule has 1 aromatic rings. The van der Waals surface area contributed by atoms with E-state index in [0.717, 1.165) is 50.5 Å². The Morgan fingerprint density at radius 1 is 1.08 bits per heavy atom. The van der Waals surface area contributed by atoms with Gasteiger partial charge in [-0.3, -0.25) is 4.90 Å². The summed E-state index contributed by atoms with van der Waals surface area (Å²) in [5.74, 6) is 0.719. The van der Waals surface area contributed by atoms with Crippen LogP contribution in [0.5, 0.6) is 5.75 Å². The number of rotatable bonds is 4. The number of ether oxygens (including phenoxy) is 1. The highest BCUT2D eigenvalue weighted by atomic mass is 32.2. The van der Waals surface area contributed by atoms with Gasteiger partial charge >= 0.3 is 0 Å². The average Bonchev–Trinajstić information content (AvgIpc) is 2.62. The van der Waals surface area contributed by atoms with Crippen molar-refractivity contribution in [3.63, 3.8) is 0 Å². The van der Waals surface area contributed by atoms with Crippen LogP contribution in [0.3, 0.4) is 0 Å². The number of hydrogen-bond acceptors (Lipinski definition) is 6. The first kappa shape index (κ1) is 20.8. The summed E-state index contributed by atoms with van der Waals surface area (Å²) >= 11 is 0. The fraction of sp³-hybridized carbons (Fsp3) is 0.667. The third kappa shape index (κ3) is 4.61. The summed E-state index contributed by atoms with van der Waals surface area (Å²) in [4.78, 5) is 4.81. The molecule has 2 heterocycles. The standard InChI is InChI=1S/C17H28N4O3S.CH4/c1-24-17-13-15(3-4-16(17)18)19-7-5-14(6-8-19)20-9-11-21(12-10-20)25(2,22)23;/h3-4,13-14H,5-12,18H2,1-2H3;1H4. The molecule has 3 rings (SSSR count). The van der Waals surface area contributed by atoms with Crippen molar-refractivity contribution in [2.75, 3.05) is 63.3 Å². The highest BCUT2D eigenvalue weighted by Gasteiger charge is 2.30. The molecule has 0 atom stereocenters. The maximum atomic E-state index is 11.6. The van der Waals surface area contributed by atoms with Gasteiger partial charge < -0.3 is 15.4 Å². The summed E-state index contributed by atoms with van der Waals surface area (Å²) in [6.07, 6.45) is 3.47. The molecule has 1 aromatic carbocycles. The molecule has 26 heavy (non-hydrogen) atoms. The lowest BCUT2D eigenvalue weighted by Gasteiger charge is -2.42. The molecule has 2 aliphatic heterocycles. The van der Waals surface area contributed by atoms with Crippen LogP contribution >= 0.6 is 0 Å². The third-order valence-electron chi connectivity index (χ3n) is 5.31. The molecule has 8 heteroatoms. The SMILES string of the molecule is C.COc1cc(N2CCC(N3CCN(S(C)(=O)=O)CC3)CC2)ccc1N. The fourth-order valence-electron chi connectivity index (χ4n) is 3.79. The first-order valence-corrected chi connectivity index (χ1v) is 10.6. The van der Waals surface area contributed by atoms with E-state index >= 15 is 0 Å². The molecular formula is C18H32N4O3S. The summed E-state index contributed by atoms with van der Waals surface area (Å²) in [5, 5.41) is 0. The van der Waals surface area contributed by atoms with Crippen LogP contribution in [0.15, 0.2) is 18.2 Å². The van der Waals surface area contributed by atoms with Crippen LogP contribution in [-0.4, -0.2) is 76.3 Å². The zero-order valence-electron chi connectivity index (χ0n) is 15.0. The molecule has 2 saturated heterocycles. The van der Waals surface area contributed by atoms with Crippen LogP contribution in [0.25, 0.3) is 0 Å². The number of benzene rings is 1. The molecule has 2 aliphatic rings. The molecule has 7 nitrogen and oxygen atoms in total. The summed E-state index contributed by atoms with van der Waals surface area (Å²) in [6, 6.07) is 6.47. The Balaban J connectivity index is 0.00000243. The topological polar surface area (TPSA) is 79.1 Å². The van der Waals surface area contributed by atoms with Gasteiger partial charge in [0.05, 0.1) is 19.1 Å². The summed E-state index contributed by atoms with van der Waals surface area (Å²) in [7, 11) is -1.42. The van der Waals surface area contributed by atoms with Crippen LogP contribution in [-0.2, 0) is 10.0 Å². The highest BCUT2D eigenvalue weighted by molar-refractivity contribution is 7.88. The number of piperidine rings is 1. The Kier molecular flexibility index (Phi) is 6.76. The zero-order chi connectivity index (χ0) is 18.0. The van der Waals surface area contributed by atoms with Crippen LogP contribution in [0.1, 0.15) is 20.3 Å². The van der Waals surface area contributed by atoms with E-state index in [1.54, 1.807) is 11.4 Å². The lowest BCUT2D eigenvalue weighted by Crippen LogP contribution is -2.54. The van der Waals surface area contributed by atoms with E-state index < -0.39 is 10.0 Å². The molecule has 0 bridgehead atoms. The van der Waals surface area contributed by atoms with E-state index in [4.69, 9.17) is 10.5 Å². The van der Waals surface area contributed by atoms with E-state index in [9.17, 15) is 8.42 Å². The van der Waals surface area contributed by atoms with E-state index in [1.807, 2.05) is 18.2 Å². The fourth-order valence-corrected chi connectivity index (χ4v) is 4.61. The Hall–Kier alpha value is -1.51. The van der Waals surface area contributed by atoms with Gasteiger partial charge in [-0.15, -0.1) is 0 Å². The van der Waals surface area contributed by atoms with E-state index in [2.05, 4.69) is 9.80 Å². The molecule has 0 aliphatic carbocycles. The van der Waals surface area contributed by atoms with Crippen LogP contribution in [0.2, 0.25) is 0 Å². The molecular weight excluding hydrogens is 352 g/mol. The Morgan fingerprint density at radius 2 is 1.69 bits per heavy atom. The lowest BCUT2D eigenvalue weighted by molar-refractivity contribution is 0.120. The summed E-state index contributed by atoms with van der Waals surface area (Å²) in [6.45, 7) is 4.84. The largest absolute Gasteiger partial charge is 0.495 e. The number of piperazine rings is 1. The Bertz CT molecular complexity index is 694. The first-order chi connectivity index (χ1) is 11.9. The van der Waals surface area contributed by atoms with Crippen molar-refractivity contribution in [3.8, 4) is 5.75 Å². The van der Waals surface area contributed by atoms with Crippen molar-refractivity contribution in [1.82, 2.24) is 9.21 Å². The van der Waals surface area contributed by atoms with Gasteiger partial charge in [-0.1, -0.05) is 7.43 Å². The van der Waals surface area contributed by atoms with Crippen molar-refractivity contribution >= 4 is 21.4 Å². The minimum atomic E-state index is -3.06. The van der Waals surface area contributed by atoms with Crippen LogP contribution in [0.4, 0.5) is 11.4 Å². The molecule has 0 spiro atoms. The smallest absolute Gasteiger partial charge is 0.211 e. The lowest BCUT2D eigenvalue weighted by atomic mass is 10.0. The molecule has 0 saturated carbocycles. The van der Waals surface area contributed by atoms with Crippen molar-refractivity contribution in [2.24, 2.45) is 0 Å². The second-order valence-electron chi connectivity index (χ2n) is 6.84. The molecule has 0 unspecified atom stereocenters. The predicted octanol–water partition coefficient (Wildman–Crippen LogP) is 1.46. The van der Waals surface area contributed by atoms with Crippen molar-refractivity contribution in [3.05, 3.63) is 18.2 Å². The Morgan fingerprint density at radius 3 is 2.23 bits per heavy atom. The summed E-state index contributed by atoms with van der Waals surface area (Å²) < 4.78 is 30.2. The number of hydrogen-bond donors (Lipinski definition) is 1. The maximum absolute atomic E-state index is 11.6. The minimum absolute atomic E-state index is 0. The monoisotopic (exact) mass is 384 g/mol. The molecule has 0 amide bonds. The maximum Gasteiger partial charge on any atom is 0.211 e. The quantitative estimate of drug-likeness (QED) is 0.792. The molecule has 0 radical (unpaired) electrons. The number of nitrogens with zero attached hydrogens (tertiary/aromatic N) is 3. The average molecular weight is 385 g/mol. The molecule has 2 N–H and O–H groups in total. The van der Waals surface area contributed by atoms with Gasteiger partial charge in [-0.2, -0.15) is 4.31 Å². The molecule has 0 aromatic heterocycles. The van der Waals surface area contributed by atoms with Gasteiger partial charge in [0.2, 0.25) is 10.0 Å². The van der Waals surface area contributed by atoms with E-state index in [1.165, 1.54) is 6.26 Å². The zero-order valence-corrected chi connectivity index (χ0v) is 15.8. The number of nitrogens with two attached hydrogens (primary N) is 1. The van der Waals surface area contributed by atoms with Gasteiger partial charge in [-0.25, -0.2) is 8.42 Å². The van der Waals surface area contributed by atoms with E-state index in [0.29, 0.717) is 24.8 Å². The highest BCUT2D eigenvalue weighted by Crippen LogP contribution is 2.30. The Labute approximate surface area is 157 Å². The van der Waals surface area contributed by atoms with Crippen LogP contribution < -0.4 is 15.4 Å². The normalized spacial score (nSPS) is 20.6. The number of anilines is 2. The van der Waals surface area contributed by atoms with Crippen LogP contribution in [0, 0.1) is 0 Å². The molecule has 148 valence electrons. The molecule has 2 fully saturated rings. The second-order valence-corrected chi connectivity index (χ2v) is 8.82. The van der Waals surface area contributed by atoms with Gasteiger partial charge in [0.1, 0.15) is 5.75 Å². The number of nitrogen functional groups attached to an aromatic ring is 1. The first-order valence-electron chi connectivity index (χ1n) is 8.76. The van der Waals surface area contributed by atoms with Gasteiger partial charge in [0.15, 0.2) is 0 Å². The van der Waals surface area contributed by atoms with Crippen molar-refractivity contribution in [1.29, 1.82) is 0 Å². The van der Waals surface area contributed by atoms with Gasteiger partial charge in [0.25, 0.3) is 0 Å². The third-order valence-corrected chi connectivity index (χ3v) is 6.61. The van der Waals surface area contributed by atoms with E-state index in [-0.39, 0.29) is 7.43 Å². The van der Waals surface area contributed by atoms with Gasteiger partial charge in [-0.05, 0) is 25.0 Å². The van der Waals surface area contributed by atoms with Crippen molar-refractivity contribution < 1.29 is 13.2 Å².